The van der Waals surface area contributed by atoms with Gasteiger partial charge in [-0.2, -0.15) is 0 Å². The molecular formula is C28H40O2. The molecular weight excluding hydrogens is 368 g/mol. The molecule has 0 aliphatic rings. The van der Waals surface area contributed by atoms with Crippen LogP contribution in [-0.2, 0) is 16.0 Å². The number of ether oxygens (including phenoxy) is 1. The summed E-state index contributed by atoms with van der Waals surface area (Å²) in [5.74, 6) is 0.658. The van der Waals surface area contributed by atoms with Crippen molar-refractivity contribution in [2.75, 3.05) is 0 Å². The van der Waals surface area contributed by atoms with E-state index in [1.165, 1.54) is 48.8 Å². The Morgan fingerprint density at radius 3 is 2.07 bits per heavy atom. The van der Waals surface area contributed by atoms with Gasteiger partial charge in [0.05, 0.1) is 0 Å². The van der Waals surface area contributed by atoms with Crippen LogP contribution in [0.4, 0.5) is 0 Å². The lowest BCUT2D eigenvalue weighted by Crippen LogP contribution is -2.08. The molecule has 2 unspecified atom stereocenters. The second-order valence-electron chi connectivity index (χ2n) is 8.67. The number of carbonyl (C=O) groups is 1. The number of unbranched alkanes of at least 4 members (excludes halogenated alkanes) is 3. The molecule has 2 heteroatoms. The van der Waals surface area contributed by atoms with Crippen LogP contribution in [0.25, 0.3) is 11.1 Å². The van der Waals surface area contributed by atoms with E-state index < -0.39 is 0 Å². The zero-order valence-electron chi connectivity index (χ0n) is 19.5. The van der Waals surface area contributed by atoms with Gasteiger partial charge in [-0.3, -0.25) is 4.79 Å². The maximum atomic E-state index is 12.1. The Morgan fingerprint density at radius 2 is 1.47 bits per heavy atom. The lowest BCUT2D eigenvalue weighted by Gasteiger charge is -2.15. The number of benzene rings is 2. The van der Waals surface area contributed by atoms with Crippen LogP contribution < -0.4 is 0 Å². The molecule has 2 rings (SSSR count). The van der Waals surface area contributed by atoms with E-state index in [9.17, 15) is 4.79 Å². The molecule has 0 aromatic heterocycles. The van der Waals surface area contributed by atoms with E-state index in [0.717, 1.165) is 30.7 Å². The van der Waals surface area contributed by atoms with E-state index in [-0.39, 0.29) is 12.1 Å². The first-order valence-electron chi connectivity index (χ1n) is 11.9. The molecule has 0 N–H and O–H groups in total. The average Bonchev–Trinajstić information content (AvgIpc) is 2.77. The minimum atomic E-state index is -0.206. The van der Waals surface area contributed by atoms with Gasteiger partial charge in [0, 0.05) is 6.42 Å². The molecule has 30 heavy (non-hydrogen) atoms. The molecule has 0 spiro atoms. The molecule has 0 radical (unpaired) electrons. The third-order valence-electron chi connectivity index (χ3n) is 6.07. The summed E-state index contributed by atoms with van der Waals surface area (Å²) in [5, 5.41) is 0. The van der Waals surface area contributed by atoms with Gasteiger partial charge in [-0.05, 0) is 54.4 Å². The molecule has 0 aliphatic carbocycles. The van der Waals surface area contributed by atoms with Gasteiger partial charge in [0.25, 0.3) is 0 Å². The fraction of sp³-hybridized carbons (Fsp3) is 0.536. The standard InChI is InChI=1S/C28H40O2/c1-5-7-8-12-24-14-16-26(17-15-24)27-20-18-25(19-21-27)23(4)30-28(29)13-10-9-11-22(3)6-2/h14-23H,5-13H2,1-4H3. The van der Waals surface area contributed by atoms with Crippen molar-refractivity contribution in [3.63, 3.8) is 0 Å². The summed E-state index contributed by atoms with van der Waals surface area (Å²) in [4.78, 5) is 12.1. The third kappa shape index (κ3) is 8.34. The number of esters is 1. The van der Waals surface area contributed by atoms with E-state index >= 15 is 0 Å². The van der Waals surface area contributed by atoms with Crippen molar-refractivity contribution in [1.29, 1.82) is 0 Å². The molecule has 2 nitrogen and oxygen atoms in total. The predicted octanol–water partition coefficient (Wildman–Crippen LogP) is 8.30. The Bertz CT molecular complexity index is 730. The SMILES string of the molecule is CCCCCc1ccc(-c2ccc(C(C)OC(=O)CCCCC(C)CC)cc2)cc1. The molecule has 0 saturated heterocycles. The molecule has 0 aliphatic heterocycles. The van der Waals surface area contributed by atoms with Crippen molar-refractivity contribution in [2.24, 2.45) is 5.92 Å². The molecule has 0 amide bonds. The molecule has 0 saturated carbocycles. The highest BCUT2D eigenvalue weighted by Gasteiger charge is 2.12. The van der Waals surface area contributed by atoms with E-state index in [0.29, 0.717) is 6.42 Å². The number of rotatable bonds is 13. The Kier molecular flexibility index (Phi) is 10.7. The highest BCUT2D eigenvalue weighted by Crippen LogP contribution is 2.25. The van der Waals surface area contributed by atoms with E-state index in [4.69, 9.17) is 4.74 Å². The number of carbonyl (C=O) groups excluding carboxylic acids is 1. The summed E-state index contributed by atoms with van der Waals surface area (Å²) in [7, 11) is 0. The van der Waals surface area contributed by atoms with Gasteiger partial charge in [0.15, 0.2) is 0 Å². The Balaban J connectivity index is 1.82. The van der Waals surface area contributed by atoms with Gasteiger partial charge in [-0.25, -0.2) is 0 Å². The Morgan fingerprint density at radius 1 is 0.833 bits per heavy atom. The maximum Gasteiger partial charge on any atom is 0.306 e. The molecule has 0 fully saturated rings. The summed E-state index contributed by atoms with van der Waals surface area (Å²) in [6.07, 6.45) is 9.72. The second kappa shape index (κ2) is 13.3. The van der Waals surface area contributed by atoms with Crippen LogP contribution in [0.15, 0.2) is 48.5 Å². The van der Waals surface area contributed by atoms with E-state index in [2.05, 4.69) is 69.3 Å². The molecule has 2 atom stereocenters. The van der Waals surface area contributed by atoms with E-state index in [1.807, 2.05) is 6.92 Å². The summed E-state index contributed by atoms with van der Waals surface area (Å²) < 4.78 is 5.64. The van der Waals surface area contributed by atoms with Crippen molar-refractivity contribution < 1.29 is 9.53 Å². The van der Waals surface area contributed by atoms with Gasteiger partial charge in [-0.15, -0.1) is 0 Å². The van der Waals surface area contributed by atoms with Crippen LogP contribution >= 0.6 is 0 Å². The monoisotopic (exact) mass is 408 g/mol. The quantitative estimate of drug-likeness (QED) is 0.246. The molecule has 2 aromatic carbocycles. The minimum Gasteiger partial charge on any atom is -0.458 e. The van der Waals surface area contributed by atoms with Crippen molar-refractivity contribution in [2.45, 2.75) is 91.6 Å². The van der Waals surface area contributed by atoms with Gasteiger partial charge in [-0.1, -0.05) is 101 Å². The summed E-state index contributed by atoms with van der Waals surface area (Å²) in [6, 6.07) is 17.3. The first kappa shape index (κ1) is 24.2. The smallest absolute Gasteiger partial charge is 0.306 e. The van der Waals surface area contributed by atoms with Gasteiger partial charge < -0.3 is 4.74 Å². The summed E-state index contributed by atoms with van der Waals surface area (Å²) in [5.41, 5.74) is 4.88. The lowest BCUT2D eigenvalue weighted by atomic mass is 9.99. The first-order valence-corrected chi connectivity index (χ1v) is 11.9. The van der Waals surface area contributed by atoms with E-state index in [1.54, 1.807) is 0 Å². The highest BCUT2D eigenvalue weighted by atomic mass is 16.5. The number of hydrogen-bond donors (Lipinski definition) is 0. The number of hydrogen-bond acceptors (Lipinski definition) is 2. The van der Waals surface area contributed by atoms with Crippen molar-refractivity contribution in [1.82, 2.24) is 0 Å². The van der Waals surface area contributed by atoms with Crippen LogP contribution in [0.5, 0.6) is 0 Å². The fourth-order valence-corrected chi connectivity index (χ4v) is 3.68. The highest BCUT2D eigenvalue weighted by molar-refractivity contribution is 5.69. The largest absolute Gasteiger partial charge is 0.458 e. The average molecular weight is 409 g/mol. The minimum absolute atomic E-state index is 0.0885. The van der Waals surface area contributed by atoms with Crippen molar-refractivity contribution in [3.8, 4) is 11.1 Å². The van der Waals surface area contributed by atoms with Crippen LogP contribution in [0, 0.1) is 5.92 Å². The number of aryl methyl sites for hydroxylation is 1. The van der Waals surface area contributed by atoms with Gasteiger partial charge >= 0.3 is 5.97 Å². The van der Waals surface area contributed by atoms with Crippen molar-refractivity contribution in [3.05, 3.63) is 59.7 Å². The maximum absolute atomic E-state index is 12.1. The Labute approximate surface area is 184 Å². The Hall–Kier alpha value is -2.09. The topological polar surface area (TPSA) is 26.3 Å². The molecule has 2 aromatic rings. The predicted molar refractivity (Wildman–Crippen MR) is 128 cm³/mol. The van der Waals surface area contributed by atoms with Crippen LogP contribution in [0.3, 0.4) is 0 Å². The summed E-state index contributed by atoms with van der Waals surface area (Å²) in [6.45, 7) is 8.68. The first-order chi connectivity index (χ1) is 14.5. The lowest BCUT2D eigenvalue weighted by molar-refractivity contribution is -0.148. The normalized spacial score (nSPS) is 13.1. The second-order valence-corrected chi connectivity index (χ2v) is 8.67. The molecule has 0 heterocycles. The van der Waals surface area contributed by atoms with Crippen LogP contribution in [0.2, 0.25) is 0 Å². The molecule has 0 bridgehead atoms. The zero-order valence-corrected chi connectivity index (χ0v) is 19.5. The van der Waals surface area contributed by atoms with Crippen molar-refractivity contribution >= 4 is 5.97 Å². The van der Waals surface area contributed by atoms with Crippen LogP contribution in [0.1, 0.15) is 96.3 Å². The molecule has 164 valence electrons. The zero-order chi connectivity index (χ0) is 21.8. The summed E-state index contributed by atoms with van der Waals surface area (Å²) >= 11 is 0. The third-order valence-corrected chi connectivity index (χ3v) is 6.07. The van der Waals surface area contributed by atoms with Gasteiger partial charge in [0.2, 0.25) is 0 Å². The van der Waals surface area contributed by atoms with Crippen LogP contribution in [-0.4, -0.2) is 5.97 Å². The van der Waals surface area contributed by atoms with Gasteiger partial charge in [0.1, 0.15) is 6.10 Å². The fourth-order valence-electron chi connectivity index (χ4n) is 3.68.